The lowest BCUT2D eigenvalue weighted by atomic mass is 10.2. The predicted molar refractivity (Wildman–Crippen MR) is 98.5 cm³/mol. The molecule has 0 aliphatic carbocycles. The SMILES string of the molecule is O=C(CCc1nc2ccccc2c(=O)[nH]1)Nc1cccc(-n2cnnn2)c1. The number of rotatable bonds is 5. The van der Waals surface area contributed by atoms with E-state index < -0.39 is 0 Å². The van der Waals surface area contributed by atoms with E-state index in [2.05, 4.69) is 30.8 Å². The molecule has 0 bridgehead atoms. The quantitative estimate of drug-likeness (QED) is 0.556. The summed E-state index contributed by atoms with van der Waals surface area (Å²) in [4.78, 5) is 31.5. The highest BCUT2D eigenvalue weighted by Gasteiger charge is 2.08. The van der Waals surface area contributed by atoms with Gasteiger partial charge >= 0.3 is 0 Å². The summed E-state index contributed by atoms with van der Waals surface area (Å²) in [6, 6.07) is 14.3. The fourth-order valence-corrected chi connectivity index (χ4v) is 2.71. The number of tetrazole rings is 1. The number of benzene rings is 2. The van der Waals surface area contributed by atoms with Gasteiger partial charge in [-0.1, -0.05) is 18.2 Å². The zero-order valence-electron chi connectivity index (χ0n) is 14.2. The zero-order chi connectivity index (χ0) is 18.6. The molecule has 27 heavy (non-hydrogen) atoms. The van der Waals surface area contributed by atoms with Crippen molar-refractivity contribution >= 4 is 22.5 Å². The van der Waals surface area contributed by atoms with Gasteiger partial charge in [0.25, 0.3) is 5.56 Å². The number of para-hydroxylation sites is 1. The third kappa shape index (κ3) is 3.71. The number of fused-ring (bicyclic) bond motifs is 1. The molecule has 9 nitrogen and oxygen atoms in total. The van der Waals surface area contributed by atoms with Crippen LogP contribution in [-0.2, 0) is 11.2 Å². The van der Waals surface area contributed by atoms with Gasteiger partial charge in [-0.05, 0) is 40.8 Å². The van der Waals surface area contributed by atoms with E-state index in [-0.39, 0.29) is 17.9 Å². The Morgan fingerprint density at radius 2 is 2.04 bits per heavy atom. The van der Waals surface area contributed by atoms with E-state index >= 15 is 0 Å². The molecule has 2 aromatic carbocycles. The second-order valence-corrected chi connectivity index (χ2v) is 5.88. The summed E-state index contributed by atoms with van der Waals surface area (Å²) in [7, 11) is 0. The Morgan fingerprint density at radius 3 is 2.89 bits per heavy atom. The molecular formula is C18H15N7O2. The van der Waals surface area contributed by atoms with Gasteiger partial charge in [-0.15, -0.1) is 5.10 Å². The van der Waals surface area contributed by atoms with E-state index in [1.54, 1.807) is 36.4 Å². The number of aryl methyl sites for hydroxylation is 1. The van der Waals surface area contributed by atoms with Crippen LogP contribution in [0.15, 0.2) is 59.7 Å². The molecule has 0 saturated heterocycles. The average molecular weight is 361 g/mol. The second kappa shape index (κ2) is 7.16. The fraction of sp³-hybridized carbons (Fsp3) is 0.111. The van der Waals surface area contributed by atoms with Gasteiger partial charge in [0, 0.05) is 18.5 Å². The van der Waals surface area contributed by atoms with Gasteiger partial charge in [-0.2, -0.15) is 0 Å². The molecule has 0 fully saturated rings. The van der Waals surface area contributed by atoms with Crippen molar-refractivity contribution in [1.29, 1.82) is 0 Å². The van der Waals surface area contributed by atoms with Gasteiger partial charge in [-0.25, -0.2) is 9.67 Å². The summed E-state index contributed by atoms with van der Waals surface area (Å²) < 4.78 is 1.50. The Morgan fingerprint density at radius 1 is 1.15 bits per heavy atom. The number of anilines is 1. The molecule has 0 aliphatic heterocycles. The first kappa shape index (κ1) is 16.6. The van der Waals surface area contributed by atoms with Crippen molar-refractivity contribution in [3.8, 4) is 5.69 Å². The lowest BCUT2D eigenvalue weighted by Crippen LogP contribution is -2.16. The van der Waals surface area contributed by atoms with Crippen LogP contribution in [0.4, 0.5) is 5.69 Å². The van der Waals surface area contributed by atoms with Crippen molar-refractivity contribution in [1.82, 2.24) is 30.2 Å². The maximum Gasteiger partial charge on any atom is 0.258 e. The minimum Gasteiger partial charge on any atom is -0.326 e. The number of hydrogen-bond acceptors (Lipinski definition) is 6. The van der Waals surface area contributed by atoms with E-state index in [0.29, 0.717) is 28.8 Å². The Labute approximate surface area is 153 Å². The first-order valence-corrected chi connectivity index (χ1v) is 8.30. The van der Waals surface area contributed by atoms with Crippen LogP contribution in [0.2, 0.25) is 0 Å². The summed E-state index contributed by atoms with van der Waals surface area (Å²) in [5, 5.41) is 14.4. The normalized spacial score (nSPS) is 10.8. The molecule has 4 rings (SSSR count). The van der Waals surface area contributed by atoms with E-state index in [4.69, 9.17) is 0 Å². The molecular weight excluding hydrogens is 346 g/mol. The molecule has 0 atom stereocenters. The molecule has 0 unspecified atom stereocenters. The Kier molecular flexibility index (Phi) is 4.40. The van der Waals surface area contributed by atoms with Crippen molar-refractivity contribution in [3.05, 3.63) is 71.0 Å². The van der Waals surface area contributed by atoms with Crippen LogP contribution < -0.4 is 10.9 Å². The topological polar surface area (TPSA) is 118 Å². The molecule has 1 amide bonds. The molecule has 0 radical (unpaired) electrons. The van der Waals surface area contributed by atoms with Crippen LogP contribution >= 0.6 is 0 Å². The van der Waals surface area contributed by atoms with Gasteiger partial charge < -0.3 is 10.3 Å². The molecule has 0 spiro atoms. The predicted octanol–water partition coefficient (Wildman–Crippen LogP) is 1.47. The van der Waals surface area contributed by atoms with Gasteiger partial charge in [0.2, 0.25) is 5.91 Å². The average Bonchev–Trinajstić information content (AvgIpc) is 3.22. The van der Waals surface area contributed by atoms with Crippen molar-refractivity contribution in [2.75, 3.05) is 5.32 Å². The Balaban J connectivity index is 1.43. The molecule has 0 saturated carbocycles. The zero-order valence-corrected chi connectivity index (χ0v) is 14.2. The number of hydrogen-bond donors (Lipinski definition) is 2. The third-order valence-electron chi connectivity index (χ3n) is 3.99. The van der Waals surface area contributed by atoms with Crippen LogP contribution in [0.1, 0.15) is 12.2 Å². The lowest BCUT2D eigenvalue weighted by Gasteiger charge is -2.07. The smallest absolute Gasteiger partial charge is 0.258 e. The maximum atomic E-state index is 12.3. The summed E-state index contributed by atoms with van der Waals surface area (Å²) in [5.74, 6) is 0.302. The number of nitrogens with zero attached hydrogens (tertiary/aromatic N) is 5. The summed E-state index contributed by atoms with van der Waals surface area (Å²) in [6.07, 6.45) is 2.00. The minimum atomic E-state index is -0.204. The number of amides is 1. The minimum absolute atomic E-state index is 0.181. The molecule has 9 heteroatoms. The Bertz CT molecular complexity index is 1150. The number of H-pyrrole nitrogens is 1. The van der Waals surface area contributed by atoms with Gasteiger partial charge in [0.05, 0.1) is 16.6 Å². The van der Waals surface area contributed by atoms with Crippen LogP contribution in [0, 0.1) is 0 Å². The van der Waals surface area contributed by atoms with Gasteiger partial charge in [0.1, 0.15) is 12.2 Å². The highest BCUT2D eigenvalue weighted by molar-refractivity contribution is 5.91. The van der Waals surface area contributed by atoms with E-state index in [1.807, 2.05) is 12.1 Å². The largest absolute Gasteiger partial charge is 0.326 e. The number of aromatic amines is 1. The third-order valence-corrected chi connectivity index (χ3v) is 3.99. The second-order valence-electron chi connectivity index (χ2n) is 5.88. The number of aromatic nitrogens is 6. The van der Waals surface area contributed by atoms with Crippen LogP contribution in [0.3, 0.4) is 0 Å². The first-order valence-electron chi connectivity index (χ1n) is 8.30. The molecule has 2 aromatic heterocycles. The van der Waals surface area contributed by atoms with Crippen molar-refractivity contribution in [2.45, 2.75) is 12.8 Å². The number of nitrogens with one attached hydrogen (secondary N) is 2. The maximum absolute atomic E-state index is 12.3. The molecule has 2 N–H and O–H groups in total. The summed E-state index contributed by atoms with van der Waals surface area (Å²) in [6.45, 7) is 0. The lowest BCUT2D eigenvalue weighted by molar-refractivity contribution is -0.116. The van der Waals surface area contributed by atoms with Crippen molar-refractivity contribution in [3.63, 3.8) is 0 Å². The number of carbonyl (C=O) groups is 1. The van der Waals surface area contributed by atoms with E-state index in [9.17, 15) is 9.59 Å². The number of carbonyl (C=O) groups excluding carboxylic acids is 1. The van der Waals surface area contributed by atoms with Gasteiger partial charge in [0.15, 0.2) is 0 Å². The van der Waals surface area contributed by atoms with Crippen LogP contribution in [0.5, 0.6) is 0 Å². The first-order chi connectivity index (χ1) is 13.2. The molecule has 134 valence electrons. The Hall–Kier alpha value is -3.88. The monoisotopic (exact) mass is 361 g/mol. The molecule has 0 aliphatic rings. The summed E-state index contributed by atoms with van der Waals surface area (Å²) in [5.41, 5.74) is 1.78. The summed E-state index contributed by atoms with van der Waals surface area (Å²) >= 11 is 0. The van der Waals surface area contributed by atoms with Crippen molar-refractivity contribution in [2.24, 2.45) is 0 Å². The van der Waals surface area contributed by atoms with Crippen LogP contribution in [0.25, 0.3) is 16.6 Å². The van der Waals surface area contributed by atoms with E-state index in [1.165, 1.54) is 11.0 Å². The van der Waals surface area contributed by atoms with Crippen molar-refractivity contribution < 1.29 is 4.79 Å². The van der Waals surface area contributed by atoms with Gasteiger partial charge in [-0.3, -0.25) is 9.59 Å². The highest BCUT2D eigenvalue weighted by atomic mass is 16.1. The highest BCUT2D eigenvalue weighted by Crippen LogP contribution is 2.14. The molecule has 2 heterocycles. The van der Waals surface area contributed by atoms with E-state index in [0.717, 1.165) is 5.69 Å². The standard InChI is InChI=1S/C18H15N7O2/c26-17(20-12-4-3-5-13(10-12)25-11-19-23-24-25)9-8-16-21-15-7-2-1-6-14(15)18(27)22-16/h1-7,10-11H,8-9H2,(H,20,26)(H,21,22,27). The molecule has 4 aromatic rings. The van der Waals surface area contributed by atoms with Crippen LogP contribution in [-0.4, -0.2) is 36.1 Å². The fourth-order valence-electron chi connectivity index (χ4n) is 2.71.